The molecule has 0 aliphatic rings. The molecular formula is C13H18N2O. The first kappa shape index (κ1) is 12.5. The fourth-order valence-electron chi connectivity index (χ4n) is 1.30. The molecule has 0 fully saturated rings. The van der Waals surface area contributed by atoms with E-state index >= 15 is 0 Å². The Bertz CT molecular complexity index is 355. The molecule has 0 atom stereocenters. The minimum atomic E-state index is -0.180. The Kier molecular flexibility index (Phi) is 4.73. The molecule has 0 saturated heterocycles. The van der Waals surface area contributed by atoms with Gasteiger partial charge in [0.25, 0.3) is 0 Å². The van der Waals surface area contributed by atoms with Crippen LogP contribution in [-0.2, 0) is 11.2 Å². The van der Waals surface area contributed by atoms with Gasteiger partial charge < -0.3 is 10.2 Å². The van der Waals surface area contributed by atoms with Crippen molar-refractivity contribution in [3.8, 4) is 0 Å². The van der Waals surface area contributed by atoms with Gasteiger partial charge in [-0.25, -0.2) is 0 Å². The summed E-state index contributed by atoms with van der Waals surface area (Å²) in [6, 6.07) is 7.88. The molecule has 1 N–H and O–H groups in total. The standard InChI is InChI=1S/C13H18N2O/c1-4-13(16)14-12-7-5-11(6-8-12)9-10-15(2)3/h4-8H,1,9-10H2,2-3H3,(H,14,16). The molecule has 0 spiro atoms. The molecule has 0 aliphatic heterocycles. The predicted molar refractivity (Wildman–Crippen MR) is 67.5 cm³/mol. The van der Waals surface area contributed by atoms with Crippen molar-refractivity contribution in [2.45, 2.75) is 6.42 Å². The summed E-state index contributed by atoms with van der Waals surface area (Å²) in [7, 11) is 4.11. The summed E-state index contributed by atoms with van der Waals surface area (Å²) < 4.78 is 0. The zero-order valence-corrected chi connectivity index (χ0v) is 9.86. The van der Waals surface area contributed by atoms with Crippen LogP contribution in [-0.4, -0.2) is 31.4 Å². The first-order chi connectivity index (χ1) is 7.61. The van der Waals surface area contributed by atoms with Crippen molar-refractivity contribution in [1.29, 1.82) is 0 Å². The molecule has 0 bridgehead atoms. The van der Waals surface area contributed by atoms with Crippen molar-refractivity contribution in [1.82, 2.24) is 4.90 Å². The lowest BCUT2D eigenvalue weighted by Gasteiger charge is -2.09. The minimum absolute atomic E-state index is 0.180. The maximum atomic E-state index is 11.0. The maximum absolute atomic E-state index is 11.0. The number of hydrogen-bond acceptors (Lipinski definition) is 2. The molecule has 1 rings (SSSR count). The zero-order chi connectivity index (χ0) is 12.0. The lowest BCUT2D eigenvalue weighted by atomic mass is 10.1. The SMILES string of the molecule is C=CC(=O)Nc1ccc(CCN(C)C)cc1. The van der Waals surface area contributed by atoms with Gasteiger partial charge in [0.2, 0.25) is 5.91 Å². The quantitative estimate of drug-likeness (QED) is 0.766. The number of carbonyl (C=O) groups excluding carboxylic acids is 1. The molecule has 1 aromatic carbocycles. The van der Waals surface area contributed by atoms with E-state index < -0.39 is 0 Å². The van der Waals surface area contributed by atoms with Gasteiger partial charge in [-0.1, -0.05) is 18.7 Å². The van der Waals surface area contributed by atoms with Crippen molar-refractivity contribution in [2.24, 2.45) is 0 Å². The minimum Gasteiger partial charge on any atom is -0.323 e. The van der Waals surface area contributed by atoms with Crippen LogP contribution in [0.4, 0.5) is 5.69 Å². The van der Waals surface area contributed by atoms with E-state index in [9.17, 15) is 4.79 Å². The second-order valence-corrected chi connectivity index (χ2v) is 3.94. The molecule has 0 saturated carbocycles. The van der Waals surface area contributed by atoms with Crippen molar-refractivity contribution >= 4 is 11.6 Å². The van der Waals surface area contributed by atoms with E-state index in [0.717, 1.165) is 18.7 Å². The summed E-state index contributed by atoms with van der Waals surface area (Å²) in [4.78, 5) is 13.2. The van der Waals surface area contributed by atoms with Crippen LogP contribution in [0.5, 0.6) is 0 Å². The number of likely N-dealkylation sites (N-methyl/N-ethyl adjacent to an activating group) is 1. The number of benzene rings is 1. The molecule has 3 nitrogen and oxygen atoms in total. The predicted octanol–water partition coefficient (Wildman–Crippen LogP) is 1.92. The fraction of sp³-hybridized carbons (Fsp3) is 0.308. The smallest absolute Gasteiger partial charge is 0.247 e. The normalized spacial score (nSPS) is 10.2. The second kappa shape index (κ2) is 6.08. The van der Waals surface area contributed by atoms with Crippen LogP contribution >= 0.6 is 0 Å². The monoisotopic (exact) mass is 218 g/mol. The van der Waals surface area contributed by atoms with Crippen LogP contribution in [0, 0.1) is 0 Å². The topological polar surface area (TPSA) is 32.3 Å². The van der Waals surface area contributed by atoms with Gasteiger partial charge in [0.05, 0.1) is 0 Å². The van der Waals surface area contributed by atoms with Crippen molar-refractivity contribution in [3.63, 3.8) is 0 Å². The van der Waals surface area contributed by atoms with Crippen LogP contribution in [0.15, 0.2) is 36.9 Å². The van der Waals surface area contributed by atoms with E-state index in [4.69, 9.17) is 0 Å². The Morgan fingerprint density at radius 3 is 2.50 bits per heavy atom. The van der Waals surface area contributed by atoms with Gasteiger partial charge >= 0.3 is 0 Å². The highest BCUT2D eigenvalue weighted by molar-refractivity contribution is 5.98. The summed E-state index contributed by atoms with van der Waals surface area (Å²) >= 11 is 0. The number of hydrogen-bond donors (Lipinski definition) is 1. The summed E-state index contributed by atoms with van der Waals surface area (Å²) in [6.07, 6.45) is 2.28. The molecule has 3 heteroatoms. The number of rotatable bonds is 5. The highest BCUT2D eigenvalue weighted by Crippen LogP contribution is 2.10. The summed E-state index contributed by atoms with van der Waals surface area (Å²) in [5.74, 6) is -0.180. The molecular weight excluding hydrogens is 200 g/mol. The lowest BCUT2D eigenvalue weighted by molar-refractivity contribution is -0.111. The lowest BCUT2D eigenvalue weighted by Crippen LogP contribution is -2.15. The number of amides is 1. The van der Waals surface area contributed by atoms with Crippen LogP contribution in [0.25, 0.3) is 0 Å². The van der Waals surface area contributed by atoms with Crippen LogP contribution in [0.1, 0.15) is 5.56 Å². The van der Waals surface area contributed by atoms with Gasteiger partial charge in [-0.15, -0.1) is 0 Å². The highest BCUT2D eigenvalue weighted by Gasteiger charge is 1.98. The Morgan fingerprint density at radius 1 is 1.38 bits per heavy atom. The number of anilines is 1. The average Bonchev–Trinajstić information content (AvgIpc) is 2.28. The van der Waals surface area contributed by atoms with E-state index in [2.05, 4.69) is 30.9 Å². The molecule has 0 radical (unpaired) electrons. The van der Waals surface area contributed by atoms with Crippen LogP contribution < -0.4 is 5.32 Å². The summed E-state index contributed by atoms with van der Waals surface area (Å²) in [5, 5.41) is 2.72. The molecule has 1 amide bonds. The van der Waals surface area contributed by atoms with Gasteiger partial charge in [0.15, 0.2) is 0 Å². The van der Waals surface area contributed by atoms with Crippen molar-refractivity contribution in [2.75, 3.05) is 26.0 Å². The Hall–Kier alpha value is -1.61. The third-order valence-corrected chi connectivity index (χ3v) is 2.25. The number of nitrogens with one attached hydrogen (secondary N) is 1. The largest absolute Gasteiger partial charge is 0.323 e. The third kappa shape index (κ3) is 4.28. The van der Waals surface area contributed by atoms with E-state index in [1.165, 1.54) is 11.6 Å². The van der Waals surface area contributed by atoms with Crippen molar-refractivity contribution < 1.29 is 4.79 Å². The van der Waals surface area contributed by atoms with Gasteiger partial charge in [-0.3, -0.25) is 4.79 Å². The van der Waals surface area contributed by atoms with Gasteiger partial charge in [-0.2, -0.15) is 0 Å². The van der Waals surface area contributed by atoms with Gasteiger partial charge in [0.1, 0.15) is 0 Å². The van der Waals surface area contributed by atoms with Gasteiger partial charge in [-0.05, 0) is 44.3 Å². The highest BCUT2D eigenvalue weighted by atomic mass is 16.1. The molecule has 0 aromatic heterocycles. The Labute approximate surface area is 96.8 Å². The van der Waals surface area contributed by atoms with Crippen molar-refractivity contribution in [3.05, 3.63) is 42.5 Å². The first-order valence-corrected chi connectivity index (χ1v) is 5.29. The van der Waals surface area contributed by atoms with Crippen LogP contribution in [0.3, 0.4) is 0 Å². The van der Waals surface area contributed by atoms with E-state index in [0.29, 0.717) is 0 Å². The number of carbonyl (C=O) groups is 1. The second-order valence-electron chi connectivity index (χ2n) is 3.94. The van der Waals surface area contributed by atoms with Crippen LogP contribution in [0.2, 0.25) is 0 Å². The third-order valence-electron chi connectivity index (χ3n) is 2.25. The summed E-state index contributed by atoms with van der Waals surface area (Å²) in [5.41, 5.74) is 2.07. The Morgan fingerprint density at radius 2 is 2.00 bits per heavy atom. The maximum Gasteiger partial charge on any atom is 0.247 e. The summed E-state index contributed by atoms with van der Waals surface area (Å²) in [6.45, 7) is 4.43. The fourth-order valence-corrected chi connectivity index (χ4v) is 1.30. The number of nitrogens with zero attached hydrogens (tertiary/aromatic N) is 1. The zero-order valence-electron chi connectivity index (χ0n) is 9.86. The van der Waals surface area contributed by atoms with Gasteiger partial charge in [0, 0.05) is 12.2 Å². The average molecular weight is 218 g/mol. The molecule has 1 aromatic rings. The first-order valence-electron chi connectivity index (χ1n) is 5.29. The molecule has 0 heterocycles. The Balaban J connectivity index is 2.54. The van der Waals surface area contributed by atoms with E-state index in [-0.39, 0.29) is 5.91 Å². The van der Waals surface area contributed by atoms with E-state index in [1.54, 1.807) is 0 Å². The molecule has 0 aliphatic carbocycles. The molecule has 0 unspecified atom stereocenters. The molecule has 86 valence electrons. The molecule has 16 heavy (non-hydrogen) atoms. The van der Waals surface area contributed by atoms with E-state index in [1.807, 2.05) is 24.3 Å².